The van der Waals surface area contributed by atoms with E-state index in [9.17, 15) is 0 Å². The number of aryl methyl sites for hydroxylation is 1. The summed E-state index contributed by atoms with van der Waals surface area (Å²) in [5.74, 6) is 1.60. The second-order valence-corrected chi connectivity index (χ2v) is 4.96. The third-order valence-electron chi connectivity index (χ3n) is 3.31. The first-order valence-corrected chi connectivity index (χ1v) is 7.01. The Labute approximate surface area is 131 Å². The molecule has 7 nitrogen and oxygen atoms in total. The van der Waals surface area contributed by atoms with Gasteiger partial charge in [-0.15, -0.1) is 0 Å². The molecule has 0 saturated carbocycles. The van der Waals surface area contributed by atoms with Gasteiger partial charge < -0.3 is 4.52 Å². The Hall–Kier alpha value is -3.35. The van der Waals surface area contributed by atoms with Crippen LogP contribution in [0.4, 0.5) is 0 Å². The van der Waals surface area contributed by atoms with Crippen molar-refractivity contribution in [3.8, 4) is 34.4 Å². The standard InChI is InChI=1S/C16H12N6O/c1-22-10-18-14(20-22)11-5-7-12(8-6-11)16-19-15(21-23-16)13-4-2-3-9-17-13/h2-10H,1H3. The van der Waals surface area contributed by atoms with E-state index in [0.29, 0.717) is 23.2 Å². The largest absolute Gasteiger partial charge is 0.334 e. The van der Waals surface area contributed by atoms with E-state index < -0.39 is 0 Å². The molecule has 7 heteroatoms. The monoisotopic (exact) mass is 304 g/mol. The lowest BCUT2D eigenvalue weighted by molar-refractivity contribution is 0.432. The van der Waals surface area contributed by atoms with Gasteiger partial charge in [-0.2, -0.15) is 10.1 Å². The molecule has 0 unspecified atom stereocenters. The van der Waals surface area contributed by atoms with Crippen molar-refractivity contribution < 1.29 is 4.52 Å². The second kappa shape index (κ2) is 5.45. The minimum Gasteiger partial charge on any atom is -0.334 e. The zero-order valence-electron chi connectivity index (χ0n) is 12.3. The normalized spacial score (nSPS) is 10.8. The fourth-order valence-corrected chi connectivity index (χ4v) is 2.17. The highest BCUT2D eigenvalue weighted by Crippen LogP contribution is 2.23. The smallest absolute Gasteiger partial charge is 0.258 e. The Bertz CT molecular complexity index is 927. The first kappa shape index (κ1) is 13.3. The van der Waals surface area contributed by atoms with Crippen LogP contribution in [-0.2, 0) is 7.05 Å². The molecule has 3 aromatic heterocycles. The number of benzene rings is 1. The van der Waals surface area contributed by atoms with Gasteiger partial charge in [-0.1, -0.05) is 23.4 Å². The van der Waals surface area contributed by atoms with Crippen molar-refractivity contribution in [1.82, 2.24) is 29.9 Å². The maximum Gasteiger partial charge on any atom is 0.258 e. The van der Waals surface area contributed by atoms with E-state index in [4.69, 9.17) is 4.52 Å². The van der Waals surface area contributed by atoms with Gasteiger partial charge in [0.05, 0.1) is 0 Å². The van der Waals surface area contributed by atoms with Crippen molar-refractivity contribution in [3.05, 3.63) is 55.0 Å². The van der Waals surface area contributed by atoms with Crippen LogP contribution < -0.4 is 0 Å². The van der Waals surface area contributed by atoms with Crippen LogP contribution in [-0.4, -0.2) is 29.9 Å². The summed E-state index contributed by atoms with van der Waals surface area (Å²) in [4.78, 5) is 12.8. The quantitative estimate of drug-likeness (QED) is 0.578. The van der Waals surface area contributed by atoms with Crippen molar-refractivity contribution in [2.24, 2.45) is 7.05 Å². The van der Waals surface area contributed by atoms with E-state index in [0.717, 1.165) is 11.1 Å². The molecule has 1 aromatic carbocycles. The molecule has 0 amide bonds. The minimum atomic E-state index is 0.450. The van der Waals surface area contributed by atoms with Gasteiger partial charge in [0.2, 0.25) is 5.82 Å². The van der Waals surface area contributed by atoms with Crippen molar-refractivity contribution in [3.63, 3.8) is 0 Å². The van der Waals surface area contributed by atoms with Crippen LogP contribution >= 0.6 is 0 Å². The van der Waals surface area contributed by atoms with Crippen LogP contribution in [0.2, 0.25) is 0 Å². The fraction of sp³-hybridized carbons (Fsp3) is 0.0625. The molecule has 112 valence electrons. The molecule has 0 radical (unpaired) electrons. The van der Waals surface area contributed by atoms with Crippen molar-refractivity contribution in [2.75, 3.05) is 0 Å². The van der Waals surface area contributed by atoms with E-state index in [1.165, 1.54) is 0 Å². The number of aromatic nitrogens is 6. The summed E-state index contributed by atoms with van der Waals surface area (Å²) in [5, 5.41) is 8.24. The zero-order chi connectivity index (χ0) is 15.6. The van der Waals surface area contributed by atoms with E-state index >= 15 is 0 Å². The maximum atomic E-state index is 5.32. The highest BCUT2D eigenvalue weighted by atomic mass is 16.5. The lowest BCUT2D eigenvalue weighted by atomic mass is 10.1. The Kier molecular flexibility index (Phi) is 3.16. The lowest BCUT2D eigenvalue weighted by Crippen LogP contribution is -1.88. The van der Waals surface area contributed by atoms with Gasteiger partial charge >= 0.3 is 0 Å². The SMILES string of the molecule is Cn1cnc(-c2ccc(-c3nc(-c4ccccn4)no3)cc2)n1. The predicted molar refractivity (Wildman–Crippen MR) is 83.0 cm³/mol. The number of nitrogens with zero attached hydrogens (tertiary/aromatic N) is 6. The number of hydrogen-bond donors (Lipinski definition) is 0. The molecular weight excluding hydrogens is 292 g/mol. The van der Waals surface area contributed by atoms with Gasteiger partial charge in [0, 0.05) is 24.4 Å². The summed E-state index contributed by atoms with van der Waals surface area (Å²) in [5.41, 5.74) is 2.44. The molecule has 0 atom stereocenters. The number of hydrogen-bond acceptors (Lipinski definition) is 6. The van der Waals surface area contributed by atoms with Gasteiger partial charge in [0.25, 0.3) is 5.89 Å². The summed E-state index contributed by atoms with van der Waals surface area (Å²) >= 11 is 0. The molecule has 0 N–H and O–H groups in total. The fourth-order valence-electron chi connectivity index (χ4n) is 2.17. The molecule has 0 aliphatic carbocycles. The molecule has 0 aliphatic heterocycles. The summed E-state index contributed by atoms with van der Waals surface area (Å²) in [6.45, 7) is 0. The number of pyridine rings is 1. The van der Waals surface area contributed by atoms with Crippen LogP contribution in [0, 0.1) is 0 Å². The maximum absolute atomic E-state index is 5.32. The van der Waals surface area contributed by atoms with E-state index in [1.807, 2.05) is 49.5 Å². The first-order chi connectivity index (χ1) is 11.3. The predicted octanol–water partition coefficient (Wildman–Crippen LogP) is 2.59. The number of rotatable bonds is 3. The summed E-state index contributed by atoms with van der Waals surface area (Å²) in [7, 11) is 1.84. The lowest BCUT2D eigenvalue weighted by Gasteiger charge is -1.97. The van der Waals surface area contributed by atoms with Crippen LogP contribution in [0.5, 0.6) is 0 Å². The van der Waals surface area contributed by atoms with Gasteiger partial charge in [-0.05, 0) is 24.3 Å². The molecule has 3 heterocycles. The molecule has 4 aromatic rings. The van der Waals surface area contributed by atoms with Crippen LogP contribution in [0.1, 0.15) is 0 Å². The molecule has 23 heavy (non-hydrogen) atoms. The van der Waals surface area contributed by atoms with Crippen LogP contribution in [0.3, 0.4) is 0 Å². The summed E-state index contributed by atoms with van der Waals surface area (Å²) in [6.07, 6.45) is 3.36. The van der Waals surface area contributed by atoms with Crippen molar-refractivity contribution in [1.29, 1.82) is 0 Å². The molecular formula is C16H12N6O. The highest BCUT2D eigenvalue weighted by Gasteiger charge is 2.12. The topological polar surface area (TPSA) is 82.5 Å². The van der Waals surface area contributed by atoms with Gasteiger partial charge in [0.1, 0.15) is 12.0 Å². The van der Waals surface area contributed by atoms with Crippen LogP contribution in [0.15, 0.2) is 59.5 Å². The first-order valence-electron chi connectivity index (χ1n) is 7.01. The molecule has 4 rings (SSSR count). The summed E-state index contributed by atoms with van der Waals surface area (Å²) < 4.78 is 6.99. The van der Waals surface area contributed by atoms with Gasteiger partial charge in [0.15, 0.2) is 5.82 Å². The third kappa shape index (κ3) is 2.59. The van der Waals surface area contributed by atoms with Crippen LogP contribution in [0.25, 0.3) is 34.4 Å². The Morgan fingerprint density at radius 2 is 1.74 bits per heavy atom. The highest BCUT2D eigenvalue weighted by molar-refractivity contribution is 5.63. The summed E-state index contributed by atoms with van der Waals surface area (Å²) in [6, 6.07) is 13.2. The van der Waals surface area contributed by atoms with E-state index in [-0.39, 0.29) is 0 Å². The third-order valence-corrected chi connectivity index (χ3v) is 3.31. The Morgan fingerprint density at radius 1 is 0.913 bits per heavy atom. The average Bonchev–Trinajstić information content (AvgIpc) is 3.25. The molecule has 0 saturated heterocycles. The second-order valence-electron chi connectivity index (χ2n) is 4.96. The Balaban J connectivity index is 1.63. The zero-order valence-corrected chi connectivity index (χ0v) is 12.3. The molecule has 0 fully saturated rings. The van der Waals surface area contributed by atoms with Crippen molar-refractivity contribution in [2.45, 2.75) is 0 Å². The Morgan fingerprint density at radius 3 is 2.43 bits per heavy atom. The molecule has 0 spiro atoms. The van der Waals surface area contributed by atoms with Gasteiger partial charge in [-0.3, -0.25) is 9.67 Å². The van der Waals surface area contributed by atoms with E-state index in [1.54, 1.807) is 17.2 Å². The van der Waals surface area contributed by atoms with Crippen molar-refractivity contribution >= 4 is 0 Å². The minimum absolute atomic E-state index is 0.450. The van der Waals surface area contributed by atoms with E-state index in [2.05, 4.69) is 25.2 Å². The van der Waals surface area contributed by atoms with Gasteiger partial charge in [-0.25, -0.2) is 4.98 Å². The molecule has 0 aliphatic rings. The molecule has 0 bridgehead atoms. The average molecular weight is 304 g/mol.